The van der Waals surface area contributed by atoms with Crippen molar-refractivity contribution in [3.8, 4) is 0 Å². The number of imidazole rings is 1. The lowest BCUT2D eigenvalue weighted by atomic mass is 10.0. The van der Waals surface area contributed by atoms with E-state index >= 15 is 0 Å². The first kappa shape index (κ1) is 15.7. The summed E-state index contributed by atoms with van der Waals surface area (Å²) >= 11 is 12.7. The first-order valence-corrected chi connectivity index (χ1v) is 8.03. The molecule has 2 nitrogen and oxygen atoms in total. The Morgan fingerprint density at radius 1 is 1.15 bits per heavy atom. The van der Waals surface area contributed by atoms with Crippen LogP contribution in [-0.2, 0) is 0 Å². The van der Waals surface area contributed by atoms with Gasteiger partial charge in [-0.15, -0.1) is 11.6 Å². The maximum Gasteiger partial charge on any atom is 0.128 e. The molecule has 0 radical (unpaired) electrons. The zero-order valence-corrected chi connectivity index (χ0v) is 14.0. The van der Waals surface area contributed by atoms with Crippen molar-refractivity contribution in [2.24, 2.45) is 5.92 Å². The predicted octanol–water partition coefficient (Wildman–Crippen LogP) is 5.99. The highest BCUT2D eigenvalue weighted by molar-refractivity contribution is 6.35. The lowest BCUT2D eigenvalue weighted by molar-refractivity contribution is 0.437. The molecule has 1 heterocycles. The lowest BCUT2D eigenvalue weighted by Gasteiger charge is -2.20. The number of hydrogen-bond donors (Lipinski definition) is 0. The molecule has 0 aliphatic carbocycles. The summed E-state index contributed by atoms with van der Waals surface area (Å²) in [5, 5.41) is 0.620. The van der Waals surface area contributed by atoms with E-state index in [-0.39, 0.29) is 5.38 Å². The molecule has 4 heteroatoms. The van der Waals surface area contributed by atoms with E-state index in [2.05, 4.69) is 30.3 Å². The Bertz CT molecular complexity index is 587. The van der Waals surface area contributed by atoms with Crippen molar-refractivity contribution in [3.05, 3.63) is 29.0 Å². The summed E-state index contributed by atoms with van der Waals surface area (Å²) in [5.41, 5.74) is 1.93. The Labute approximate surface area is 131 Å². The highest BCUT2D eigenvalue weighted by atomic mass is 35.5. The summed E-state index contributed by atoms with van der Waals surface area (Å²) in [6.45, 7) is 8.67. The largest absolute Gasteiger partial charge is 0.323 e. The topological polar surface area (TPSA) is 17.8 Å². The molecule has 20 heavy (non-hydrogen) atoms. The average Bonchev–Trinajstić information content (AvgIpc) is 2.77. The van der Waals surface area contributed by atoms with Gasteiger partial charge in [-0.05, 0) is 44.7 Å². The van der Waals surface area contributed by atoms with Gasteiger partial charge in [0.1, 0.15) is 5.82 Å². The Morgan fingerprint density at radius 2 is 1.85 bits per heavy atom. The number of rotatable bonds is 5. The van der Waals surface area contributed by atoms with Crippen LogP contribution < -0.4 is 0 Å². The molecule has 2 atom stereocenters. The minimum absolute atomic E-state index is 0.125. The Hall–Kier alpha value is -0.730. The van der Waals surface area contributed by atoms with Crippen molar-refractivity contribution >= 4 is 34.2 Å². The third kappa shape index (κ3) is 3.12. The molecule has 2 rings (SSSR count). The third-order valence-corrected chi connectivity index (χ3v) is 4.15. The van der Waals surface area contributed by atoms with Gasteiger partial charge >= 0.3 is 0 Å². The molecule has 0 N–H and O–H groups in total. The smallest absolute Gasteiger partial charge is 0.128 e. The second-order valence-electron chi connectivity index (χ2n) is 5.88. The predicted molar refractivity (Wildman–Crippen MR) is 87.8 cm³/mol. The van der Waals surface area contributed by atoms with Gasteiger partial charge in [-0.1, -0.05) is 31.5 Å². The van der Waals surface area contributed by atoms with Crippen molar-refractivity contribution in [2.75, 3.05) is 0 Å². The third-order valence-electron chi connectivity index (χ3n) is 3.65. The number of halogens is 2. The van der Waals surface area contributed by atoms with Gasteiger partial charge in [0, 0.05) is 6.04 Å². The van der Waals surface area contributed by atoms with Gasteiger partial charge in [-0.3, -0.25) is 0 Å². The molecular weight excluding hydrogens is 291 g/mol. The number of fused-ring (bicyclic) bond motifs is 1. The minimum atomic E-state index is -0.125. The highest BCUT2D eigenvalue weighted by Gasteiger charge is 2.20. The molecule has 1 aromatic carbocycles. The molecule has 110 valence electrons. The van der Waals surface area contributed by atoms with Gasteiger partial charge < -0.3 is 4.57 Å². The van der Waals surface area contributed by atoms with E-state index in [4.69, 9.17) is 23.2 Å². The van der Waals surface area contributed by atoms with Crippen LogP contribution in [0.1, 0.15) is 57.8 Å². The molecule has 0 saturated carbocycles. The van der Waals surface area contributed by atoms with E-state index in [0.717, 1.165) is 28.3 Å². The molecule has 0 aliphatic rings. The van der Waals surface area contributed by atoms with Gasteiger partial charge in [0.15, 0.2) is 0 Å². The molecular formula is C16H22Cl2N2. The number of alkyl halides is 1. The first-order valence-electron chi connectivity index (χ1n) is 7.22. The quantitative estimate of drug-likeness (QED) is 0.620. The number of para-hydroxylation sites is 1. The van der Waals surface area contributed by atoms with Crippen LogP contribution >= 0.6 is 23.2 Å². The van der Waals surface area contributed by atoms with Gasteiger partial charge in [0.05, 0.1) is 21.4 Å². The molecule has 0 aliphatic heterocycles. The molecule has 2 aromatic rings. The van der Waals surface area contributed by atoms with Crippen LogP contribution in [0.3, 0.4) is 0 Å². The fourth-order valence-electron chi connectivity index (χ4n) is 2.55. The van der Waals surface area contributed by atoms with Gasteiger partial charge in [0.25, 0.3) is 0 Å². The van der Waals surface area contributed by atoms with Crippen LogP contribution in [0, 0.1) is 5.92 Å². The lowest BCUT2D eigenvalue weighted by Crippen LogP contribution is -2.11. The van der Waals surface area contributed by atoms with Crippen molar-refractivity contribution in [3.63, 3.8) is 0 Å². The maximum absolute atomic E-state index is 6.38. The maximum atomic E-state index is 6.38. The van der Waals surface area contributed by atoms with E-state index in [1.54, 1.807) is 0 Å². The SMILES string of the molecule is CC(C)CCC(C)n1c(C(C)Cl)nc2cccc(Cl)c21. The summed E-state index contributed by atoms with van der Waals surface area (Å²) in [7, 11) is 0. The number of aromatic nitrogens is 2. The van der Waals surface area contributed by atoms with E-state index in [1.807, 2.05) is 25.1 Å². The molecule has 0 bridgehead atoms. The highest BCUT2D eigenvalue weighted by Crippen LogP contribution is 2.33. The summed E-state index contributed by atoms with van der Waals surface area (Å²) in [4.78, 5) is 4.67. The Morgan fingerprint density at radius 3 is 2.45 bits per heavy atom. The molecule has 1 aromatic heterocycles. The Kier molecular flexibility index (Phi) is 4.98. The van der Waals surface area contributed by atoms with Crippen molar-refractivity contribution < 1.29 is 0 Å². The van der Waals surface area contributed by atoms with E-state index in [0.29, 0.717) is 12.0 Å². The van der Waals surface area contributed by atoms with Crippen molar-refractivity contribution in [2.45, 2.75) is 52.0 Å². The summed E-state index contributed by atoms with van der Waals surface area (Å²) in [6, 6.07) is 6.19. The molecule has 0 amide bonds. The minimum Gasteiger partial charge on any atom is -0.323 e. The van der Waals surface area contributed by atoms with Crippen molar-refractivity contribution in [1.82, 2.24) is 9.55 Å². The number of hydrogen-bond acceptors (Lipinski definition) is 1. The zero-order valence-electron chi connectivity index (χ0n) is 12.5. The van der Waals surface area contributed by atoms with Crippen LogP contribution in [0.15, 0.2) is 18.2 Å². The molecule has 0 fully saturated rings. The number of benzene rings is 1. The van der Waals surface area contributed by atoms with Crippen LogP contribution in [0.25, 0.3) is 11.0 Å². The van der Waals surface area contributed by atoms with Crippen molar-refractivity contribution in [1.29, 1.82) is 0 Å². The Balaban J connectivity index is 2.50. The van der Waals surface area contributed by atoms with E-state index in [1.165, 1.54) is 6.42 Å². The average molecular weight is 313 g/mol. The monoisotopic (exact) mass is 312 g/mol. The van der Waals surface area contributed by atoms with E-state index in [9.17, 15) is 0 Å². The van der Waals surface area contributed by atoms with Crippen LogP contribution in [0.2, 0.25) is 5.02 Å². The summed E-state index contributed by atoms with van der Waals surface area (Å²) in [6.07, 6.45) is 2.28. The van der Waals surface area contributed by atoms with Gasteiger partial charge in [-0.25, -0.2) is 4.98 Å². The van der Waals surface area contributed by atoms with Crippen LogP contribution in [-0.4, -0.2) is 9.55 Å². The number of nitrogens with zero attached hydrogens (tertiary/aromatic N) is 2. The fraction of sp³-hybridized carbons (Fsp3) is 0.562. The van der Waals surface area contributed by atoms with E-state index < -0.39 is 0 Å². The normalized spacial score (nSPS) is 14.9. The van der Waals surface area contributed by atoms with Gasteiger partial charge in [0.2, 0.25) is 0 Å². The van der Waals surface area contributed by atoms with Gasteiger partial charge in [-0.2, -0.15) is 0 Å². The molecule has 2 unspecified atom stereocenters. The second kappa shape index (κ2) is 6.36. The van der Waals surface area contributed by atoms with Crippen LogP contribution in [0.4, 0.5) is 0 Å². The zero-order chi connectivity index (χ0) is 14.9. The fourth-order valence-corrected chi connectivity index (χ4v) is 2.97. The standard InChI is InChI=1S/C16H22Cl2N2/c1-10(2)8-9-11(3)20-15-13(18)6-5-7-14(15)19-16(20)12(4)17/h5-7,10-12H,8-9H2,1-4H3. The second-order valence-corrected chi connectivity index (χ2v) is 6.95. The summed E-state index contributed by atoms with van der Waals surface area (Å²) in [5.74, 6) is 1.60. The first-order chi connectivity index (χ1) is 9.41. The molecule has 0 spiro atoms. The van der Waals surface area contributed by atoms with Crippen LogP contribution in [0.5, 0.6) is 0 Å². The summed E-state index contributed by atoms with van der Waals surface area (Å²) < 4.78 is 2.22. The molecule has 0 saturated heterocycles.